The van der Waals surface area contributed by atoms with E-state index >= 15 is 0 Å². The molecular weight excluding hydrogens is 488 g/mol. The fourth-order valence-corrected chi connectivity index (χ4v) is 6.81. The second-order valence-corrected chi connectivity index (χ2v) is 11.2. The maximum atomic E-state index is 13.0. The van der Waals surface area contributed by atoms with Gasteiger partial charge in [-0.25, -0.2) is 0 Å². The van der Waals surface area contributed by atoms with Crippen LogP contribution in [0.3, 0.4) is 0 Å². The number of piperidine rings is 1. The van der Waals surface area contributed by atoms with Crippen molar-refractivity contribution in [3.8, 4) is 5.75 Å². The van der Waals surface area contributed by atoms with E-state index in [2.05, 4.69) is 47.1 Å². The summed E-state index contributed by atoms with van der Waals surface area (Å²) >= 11 is 0. The third kappa shape index (κ3) is 6.98. The van der Waals surface area contributed by atoms with Gasteiger partial charge in [0.2, 0.25) is 5.91 Å². The number of unbranched alkanes of at least 4 members (excludes halogenated alkanes) is 2. The fourth-order valence-electron chi connectivity index (χ4n) is 6.81. The molecule has 3 atom stereocenters. The first kappa shape index (κ1) is 29.0. The number of hydrogen-bond donors (Lipinski definition) is 1. The predicted octanol–water partition coefficient (Wildman–Crippen LogP) is 5.60. The Morgan fingerprint density at radius 3 is 2.67 bits per heavy atom. The molecule has 0 aromatic heterocycles. The average molecular weight is 533 g/mol. The Balaban J connectivity index is 1.44. The fraction of sp³-hybridized carbons (Fsp3) is 0.515. The molecule has 1 aliphatic heterocycles. The molecule has 1 saturated heterocycles. The Morgan fingerprint density at radius 2 is 1.92 bits per heavy atom. The van der Waals surface area contributed by atoms with E-state index in [4.69, 9.17) is 9.47 Å². The molecule has 4 rings (SSSR count). The molecule has 0 bridgehead atoms. The van der Waals surface area contributed by atoms with Gasteiger partial charge in [0.05, 0.1) is 5.60 Å². The summed E-state index contributed by atoms with van der Waals surface area (Å²) in [5, 5.41) is 3.37. The number of nitrogens with zero attached hydrogens (tertiary/aromatic N) is 1. The number of amides is 1. The number of esters is 1. The monoisotopic (exact) mass is 532 g/mol. The van der Waals surface area contributed by atoms with Crippen LogP contribution in [0, 0.1) is 0 Å². The largest absolute Gasteiger partial charge is 0.427 e. The molecule has 1 saturated carbocycles. The highest BCUT2D eigenvalue weighted by molar-refractivity contribution is 5.76. The first-order valence-electron chi connectivity index (χ1n) is 14.4. The molecule has 2 aliphatic rings. The van der Waals surface area contributed by atoms with Gasteiger partial charge in [-0.2, -0.15) is 0 Å². The van der Waals surface area contributed by atoms with Crippen molar-refractivity contribution in [3.63, 3.8) is 0 Å². The van der Waals surface area contributed by atoms with E-state index in [0.717, 1.165) is 76.6 Å². The molecule has 6 nitrogen and oxygen atoms in total. The van der Waals surface area contributed by atoms with Crippen LogP contribution in [-0.2, 0) is 26.2 Å². The van der Waals surface area contributed by atoms with Crippen molar-refractivity contribution in [3.05, 3.63) is 78.4 Å². The average Bonchev–Trinajstić information content (AvgIpc) is 2.93. The van der Waals surface area contributed by atoms with Crippen molar-refractivity contribution in [1.29, 1.82) is 0 Å². The highest BCUT2D eigenvalue weighted by Gasteiger charge is 2.58. The number of fused-ring (bicyclic) bond motifs is 1. The lowest BCUT2D eigenvalue weighted by Gasteiger charge is -2.59. The van der Waals surface area contributed by atoms with Crippen LogP contribution < -0.4 is 10.1 Å². The van der Waals surface area contributed by atoms with Gasteiger partial charge in [-0.05, 0) is 74.8 Å². The van der Waals surface area contributed by atoms with E-state index in [1.807, 2.05) is 37.5 Å². The molecule has 2 aromatic carbocycles. The zero-order valence-corrected chi connectivity index (χ0v) is 23.6. The number of nitrogens with one attached hydrogen (secondary N) is 1. The number of ether oxygens (including phenoxy) is 2. The van der Waals surface area contributed by atoms with Crippen LogP contribution in [0.1, 0.15) is 69.4 Å². The molecular formula is C33H44N2O4. The highest BCUT2D eigenvalue weighted by atomic mass is 16.5. The lowest BCUT2D eigenvalue weighted by Crippen LogP contribution is -2.67. The van der Waals surface area contributed by atoms with Gasteiger partial charge in [0.1, 0.15) is 5.75 Å². The Labute approximate surface area is 233 Å². The standard InChI is InChI=1S/C33H44N2O4/c1-4-21-35-22-20-32(28-15-11-16-30(23-28)39-26(2)36)24-29(18-19-33(32,25-35)38-3)34-31(37)17-10-6-9-14-27-12-7-5-8-13-27/h4-5,7-8,11-13,15-16,23,29H,1,6,9-10,14,17-22,24-25H2,2-3H3,(H,34,37)/t29-,32-,33-/m0/s1. The number of rotatable bonds is 12. The van der Waals surface area contributed by atoms with Gasteiger partial charge in [0, 0.05) is 45.0 Å². The first-order valence-corrected chi connectivity index (χ1v) is 14.4. The minimum Gasteiger partial charge on any atom is -0.427 e. The Morgan fingerprint density at radius 1 is 1.10 bits per heavy atom. The smallest absolute Gasteiger partial charge is 0.308 e. The van der Waals surface area contributed by atoms with E-state index in [-0.39, 0.29) is 23.3 Å². The van der Waals surface area contributed by atoms with Gasteiger partial charge < -0.3 is 14.8 Å². The van der Waals surface area contributed by atoms with Gasteiger partial charge in [-0.15, -0.1) is 6.58 Å². The second-order valence-electron chi connectivity index (χ2n) is 11.2. The van der Waals surface area contributed by atoms with Crippen molar-refractivity contribution < 1.29 is 19.1 Å². The Kier molecular flexibility index (Phi) is 9.98. The molecule has 0 spiro atoms. The van der Waals surface area contributed by atoms with Crippen molar-refractivity contribution in [2.75, 3.05) is 26.7 Å². The maximum absolute atomic E-state index is 13.0. The normalized spacial score (nSPS) is 24.9. The summed E-state index contributed by atoms with van der Waals surface area (Å²) in [5.74, 6) is 0.355. The van der Waals surface area contributed by atoms with Crippen molar-refractivity contribution >= 4 is 11.9 Å². The zero-order valence-electron chi connectivity index (χ0n) is 23.6. The summed E-state index contributed by atoms with van der Waals surface area (Å²) in [7, 11) is 1.82. The van der Waals surface area contributed by atoms with Gasteiger partial charge in [-0.3, -0.25) is 14.5 Å². The summed E-state index contributed by atoms with van der Waals surface area (Å²) in [4.78, 5) is 27.1. The van der Waals surface area contributed by atoms with Crippen molar-refractivity contribution in [2.24, 2.45) is 0 Å². The van der Waals surface area contributed by atoms with E-state index in [9.17, 15) is 9.59 Å². The lowest BCUT2D eigenvalue weighted by molar-refractivity contribution is -0.149. The molecule has 210 valence electrons. The lowest BCUT2D eigenvalue weighted by atomic mass is 9.55. The summed E-state index contributed by atoms with van der Waals surface area (Å²) in [6, 6.07) is 18.5. The molecule has 0 radical (unpaired) electrons. The molecule has 0 unspecified atom stereocenters. The van der Waals surface area contributed by atoms with Crippen LogP contribution in [0.2, 0.25) is 0 Å². The number of methoxy groups -OCH3 is 1. The molecule has 1 amide bonds. The van der Waals surface area contributed by atoms with Crippen LogP contribution in [0.5, 0.6) is 5.75 Å². The van der Waals surface area contributed by atoms with Gasteiger partial charge in [-0.1, -0.05) is 55.0 Å². The molecule has 6 heteroatoms. The Bertz CT molecular complexity index is 1120. The summed E-state index contributed by atoms with van der Waals surface area (Å²) in [6.07, 6.45) is 10.0. The van der Waals surface area contributed by atoms with Crippen LogP contribution in [0.25, 0.3) is 0 Å². The van der Waals surface area contributed by atoms with E-state index in [1.54, 1.807) is 0 Å². The number of aryl methyl sites for hydroxylation is 1. The minimum absolute atomic E-state index is 0.0772. The summed E-state index contributed by atoms with van der Waals surface area (Å²) in [5.41, 5.74) is 1.76. The van der Waals surface area contributed by atoms with Gasteiger partial charge in [0.15, 0.2) is 0 Å². The van der Waals surface area contributed by atoms with Crippen LogP contribution in [-0.4, -0.2) is 55.2 Å². The molecule has 1 N–H and O–H groups in total. The van der Waals surface area contributed by atoms with Crippen LogP contribution in [0.15, 0.2) is 67.3 Å². The van der Waals surface area contributed by atoms with E-state index < -0.39 is 5.60 Å². The zero-order chi connectivity index (χ0) is 27.7. The molecule has 2 aromatic rings. The third-order valence-electron chi connectivity index (χ3n) is 8.70. The summed E-state index contributed by atoms with van der Waals surface area (Å²) < 4.78 is 11.9. The first-order chi connectivity index (χ1) is 18.9. The number of hydrogen-bond acceptors (Lipinski definition) is 5. The van der Waals surface area contributed by atoms with Crippen LogP contribution >= 0.6 is 0 Å². The van der Waals surface area contributed by atoms with Crippen molar-refractivity contribution in [1.82, 2.24) is 10.2 Å². The van der Waals surface area contributed by atoms with Gasteiger partial charge >= 0.3 is 5.97 Å². The minimum atomic E-state index is -0.401. The second kappa shape index (κ2) is 13.4. The van der Waals surface area contributed by atoms with Gasteiger partial charge in [0.25, 0.3) is 0 Å². The highest BCUT2D eigenvalue weighted by Crippen LogP contribution is 2.53. The predicted molar refractivity (Wildman–Crippen MR) is 155 cm³/mol. The molecule has 39 heavy (non-hydrogen) atoms. The van der Waals surface area contributed by atoms with Crippen molar-refractivity contribution in [2.45, 2.75) is 81.8 Å². The number of likely N-dealkylation sites (tertiary alicyclic amines) is 1. The van der Waals surface area contributed by atoms with Crippen LogP contribution in [0.4, 0.5) is 0 Å². The SMILES string of the molecule is C=CCN1CC[C@@]2(c3cccc(OC(C)=O)c3)C[C@@H](NC(=O)CCCCCc3ccccc3)CC[C@]2(OC)C1. The maximum Gasteiger partial charge on any atom is 0.308 e. The number of carbonyl (C=O) groups is 2. The molecule has 1 heterocycles. The molecule has 2 fully saturated rings. The third-order valence-corrected chi connectivity index (χ3v) is 8.70. The quantitative estimate of drug-likeness (QED) is 0.167. The number of carbonyl (C=O) groups excluding carboxylic acids is 2. The number of benzene rings is 2. The molecule has 1 aliphatic carbocycles. The topological polar surface area (TPSA) is 67.9 Å². The van der Waals surface area contributed by atoms with E-state index in [1.165, 1.54) is 12.5 Å². The Hall–Kier alpha value is -2.96. The summed E-state index contributed by atoms with van der Waals surface area (Å²) in [6.45, 7) is 7.90. The van der Waals surface area contributed by atoms with E-state index in [0.29, 0.717) is 12.2 Å².